The molecule has 5 heteroatoms. The molecule has 0 aliphatic rings. The van der Waals surface area contributed by atoms with Crippen molar-refractivity contribution in [2.45, 2.75) is 32.9 Å². The molecule has 0 saturated heterocycles. The topological polar surface area (TPSA) is 53.6 Å². The van der Waals surface area contributed by atoms with Gasteiger partial charge in [0.25, 0.3) is 0 Å². The molecule has 0 aliphatic heterocycles. The van der Waals surface area contributed by atoms with Crippen molar-refractivity contribution in [1.29, 1.82) is 0 Å². The van der Waals surface area contributed by atoms with Crippen LogP contribution in [0.4, 0.5) is 0 Å². The highest BCUT2D eigenvalue weighted by Gasteiger charge is 1.98. The Labute approximate surface area is 139 Å². The molecule has 1 rings (SSSR count). The van der Waals surface area contributed by atoms with E-state index < -0.39 is 0 Å². The number of guanidine groups is 1. The van der Waals surface area contributed by atoms with Crippen molar-refractivity contribution < 1.29 is 0 Å². The van der Waals surface area contributed by atoms with E-state index in [1.165, 1.54) is 11.1 Å². The lowest BCUT2D eigenvalue weighted by Gasteiger charge is -2.10. The molecule has 0 spiro atoms. The molecule has 20 heavy (non-hydrogen) atoms. The maximum Gasteiger partial charge on any atom is 0.188 e. The van der Waals surface area contributed by atoms with Gasteiger partial charge in [0.2, 0.25) is 0 Å². The summed E-state index contributed by atoms with van der Waals surface area (Å²) in [5, 5.41) is 3.12. The second kappa shape index (κ2) is 10.9. The number of hydrogen-bond donors (Lipinski definition) is 2. The Morgan fingerprint density at radius 3 is 2.65 bits per heavy atom. The first-order valence-corrected chi connectivity index (χ1v) is 6.88. The van der Waals surface area contributed by atoms with E-state index in [9.17, 15) is 0 Å². The van der Waals surface area contributed by atoms with E-state index in [2.05, 4.69) is 60.5 Å². The van der Waals surface area contributed by atoms with Crippen LogP contribution < -0.4 is 11.1 Å². The van der Waals surface area contributed by atoms with E-state index in [0.29, 0.717) is 12.5 Å². The fourth-order valence-electron chi connectivity index (χ4n) is 1.82. The van der Waals surface area contributed by atoms with Crippen molar-refractivity contribution in [1.82, 2.24) is 10.2 Å². The Hall–Kier alpha value is -0.820. The normalized spacial score (nSPS) is 11.3. The van der Waals surface area contributed by atoms with Crippen LogP contribution in [0.15, 0.2) is 29.3 Å². The summed E-state index contributed by atoms with van der Waals surface area (Å²) in [6, 6.07) is 8.48. The zero-order chi connectivity index (χ0) is 14.1. The SMILES string of the molecule is CCCCNC(N)=NCc1cccc(CN(C)C)c1.I. The molecule has 0 fully saturated rings. The van der Waals surface area contributed by atoms with Gasteiger partial charge in [0.15, 0.2) is 5.96 Å². The average Bonchev–Trinajstić information content (AvgIpc) is 2.36. The van der Waals surface area contributed by atoms with Crippen LogP contribution in [-0.2, 0) is 13.1 Å². The molecule has 114 valence electrons. The molecular formula is C15H27IN4. The third kappa shape index (κ3) is 8.37. The molecular weight excluding hydrogens is 363 g/mol. The van der Waals surface area contributed by atoms with E-state index in [4.69, 9.17) is 5.73 Å². The second-order valence-electron chi connectivity index (χ2n) is 5.04. The number of rotatable bonds is 7. The van der Waals surface area contributed by atoms with Crippen LogP contribution in [-0.4, -0.2) is 31.5 Å². The van der Waals surface area contributed by atoms with E-state index >= 15 is 0 Å². The molecule has 0 saturated carbocycles. The van der Waals surface area contributed by atoms with Crippen molar-refractivity contribution in [3.63, 3.8) is 0 Å². The molecule has 0 aromatic heterocycles. The van der Waals surface area contributed by atoms with E-state index in [1.54, 1.807) is 0 Å². The summed E-state index contributed by atoms with van der Waals surface area (Å²) in [5.74, 6) is 0.534. The molecule has 4 nitrogen and oxygen atoms in total. The number of halogens is 1. The smallest absolute Gasteiger partial charge is 0.188 e. The molecule has 0 bridgehead atoms. The minimum Gasteiger partial charge on any atom is -0.370 e. The highest BCUT2D eigenvalue weighted by atomic mass is 127. The van der Waals surface area contributed by atoms with Gasteiger partial charge in [-0.2, -0.15) is 0 Å². The lowest BCUT2D eigenvalue weighted by Crippen LogP contribution is -2.32. The average molecular weight is 390 g/mol. The van der Waals surface area contributed by atoms with Crippen LogP contribution in [0.2, 0.25) is 0 Å². The largest absolute Gasteiger partial charge is 0.370 e. The third-order valence-corrected chi connectivity index (χ3v) is 2.76. The highest BCUT2D eigenvalue weighted by molar-refractivity contribution is 14.0. The Balaban J connectivity index is 0.00000361. The molecule has 0 unspecified atom stereocenters. The van der Waals surface area contributed by atoms with Crippen molar-refractivity contribution >= 4 is 29.9 Å². The lowest BCUT2D eigenvalue weighted by atomic mass is 10.1. The number of aliphatic imine (C=N–C) groups is 1. The number of unbranched alkanes of at least 4 members (excludes halogenated alkanes) is 1. The van der Waals surface area contributed by atoms with Gasteiger partial charge in [-0.3, -0.25) is 0 Å². The van der Waals surface area contributed by atoms with Gasteiger partial charge in [-0.25, -0.2) is 4.99 Å². The van der Waals surface area contributed by atoms with Gasteiger partial charge in [-0.05, 0) is 31.6 Å². The fraction of sp³-hybridized carbons (Fsp3) is 0.533. The minimum absolute atomic E-state index is 0. The van der Waals surface area contributed by atoms with Gasteiger partial charge >= 0.3 is 0 Å². The minimum atomic E-state index is 0. The van der Waals surface area contributed by atoms with Gasteiger partial charge in [-0.1, -0.05) is 37.6 Å². The van der Waals surface area contributed by atoms with Crippen molar-refractivity contribution in [2.24, 2.45) is 10.7 Å². The Morgan fingerprint density at radius 2 is 2.00 bits per heavy atom. The number of nitrogens with zero attached hydrogens (tertiary/aromatic N) is 2. The van der Waals surface area contributed by atoms with Gasteiger partial charge in [0.1, 0.15) is 0 Å². The highest BCUT2D eigenvalue weighted by Crippen LogP contribution is 2.08. The van der Waals surface area contributed by atoms with Crippen LogP contribution in [0, 0.1) is 0 Å². The van der Waals surface area contributed by atoms with Crippen LogP contribution in [0.25, 0.3) is 0 Å². The van der Waals surface area contributed by atoms with Gasteiger partial charge in [-0.15, -0.1) is 24.0 Å². The first-order chi connectivity index (χ1) is 9.11. The molecule has 1 aromatic rings. The molecule has 0 radical (unpaired) electrons. The number of benzene rings is 1. The summed E-state index contributed by atoms with van der Waals surface area (Å²) in [4.78, 5) is 6.51. The van der Waals surface area contributed by atoms with E-state index in [0.717, 1.165) is 25.9 Å². The second-order valence-corrected chi connectivity index (χ2v) is 5.04. The molecule has 1 aromatic carbocycles. The number of hydrogen-bond acceptors (Lipinski definition) is 2. The quantitative estimate of drug-likeness (QED) is 0.326. The van der Waals surface area contributed by atoms with Gasteiger partial charge in [0, 0.05) is 13.1 Å². The third-order valence-electron chi connectivity index (χ3n) is 2.76. The molecule has 3 N–H and O–H groups in total. The monoisotopic (exact) mass is 390 g/mol. The van der Waals surface area contributed by atoms with Crippen molar-refractivity contribution in [2.75, 3.05) is 20.6 Å². The van der Waals surface area contributed by atoms with Crippen molar-refractivity contribution in [3.05, 3.63) is 35.4 Å². The molecule has 0 heterocycles. The van der Waals surface area contributed by atoms with Crippen LogP contribution in [0.1, 0.15) is 30.9 Å². The maximum absolute atomic E-state index is 5.81. The standard InChI is InChI=1S/C15H26N4.HI/c1-4-5-9-17-15(16)18-11-13-7-6-8-14(10-13)12-19(2)3;/h6-8,10H,4-5,9,11-12H2,1-3H3,(H3,16,17,18);1H. The predicted molar refractivity (Wildman–Crippen MR) is 97.5 cm³/mol. The van der Waals surface area contributed by atoms with Crippen LogP contribution in [0.3, 0.4) is 0 Å². The Kier molecular flexibility index (Phi) is 10.5. The summed E-state index contributed by atoms with van der Waals surface area (Å²) in [7, 11) is 4.14. The van der Waals surface area contributed by atoms with E-state index in [1.807, 2.05) is 0 Å². The molecule has 0 aliphatic carbocycles. The zero-order valence-electron chi connectivity index (χ0n) is 12.7. The van der Waals surface area contributed by atoms with Gasteiger partial charge < -0.3 is 16.0 Å². The summed E-state index contributed by atoms with van der Waals surface area (Å²) < 4.78 is 0. The van der Waals surface area contributed by atoms with Crippen molar-refractivity contribution in [3.8, 4) is 0 Å². The molecule has 0 atom stereocenters. The summed E-state index contributed by atoms with van der Waals surface area (Å²) >= 11 is 0. The Morgan fingerprint density at radius 1 is 1.30 bits per heavy atom. The van der Waals surface area contributed by atoms with Crippen LogP contribution in [0.5, 0.6) is 0 Å². The molecule has 0 amide bonds. The summed E-state index contributed by atoms with van der Waals surface area (Å²) in [5.41, 5.74) is 8.31. The first-order valence-electron chi connectivity index (χ1n) is 6.88. The Bertz CT molecular complexity index is 405. The predicted octanol–water partition coefficient (Wildman–Crippen LogP) is 2.57. The maximum atomic E-state index is 5.81. The lowest BCUT2D eigenvalue weighted by molar-refractivity contribution is 0.402. The van der Waals surface area contributed by atoms with Crippen LogP contribution >= 0.6 is 24.0 Å². The number of nitrogens with two attached hydrogens (primary N) is 1. The van der Waals surface area contributed by atoms with Gasteiger partial charge in [0.05, 0.1) is 6.54 Å². The fourth-order valence-corrected chi connectivity index (χ4v) is 1.82. The summed E-state index contributed by atoms with van der Waals surface area (Å²) in [6.07, 6.45) is 2.28. The number of nitrogens with one attached hydrogen (secondary N) is 1. The first kappa shape index (κ1) is 19.2. The summed E-state index contributed by atoms with van der Waals surface area (Å²) in [6.45, 7) is 4.63. The van der Waals surface area contributed by atoms with E-state index in [-0.39, 0.29) is 24.0 Å². The zero-order valence-corrected chi connectivity index (χ0v) is 15.1.